The van der Waals surface area contributed by atoms with E-state index in [1.165, 1.54) is 0 Å². The summed E-state index contributed by atoms with van der Waals surface area (Å²) in [4.78, 5) is 14.6. The van der Waals surface area contributed by atoms with Crippen LogP contribution in [0.1, 0.15) is 10.9 Å². The highest BCUT2D eigenvalue weighted by molar-refractivity contribution is 9.10. The first-order valence-corrected chi connectivity index (χ1v) is 9.90. The molecule has 4 rings (SSSR count). The summed E-state index contributed by atoms with van der Waals surface area (Å²) in [5.41, 5.74) is 1.82. The number of nitrogens with zero attached hydrogens (tertiary/aromatic N) is 1. The number of halogens is 1. The molecule has 130 valence electrons. The summed E-state index contributed by atoms with van der Waals surface area (Å²) < 4.78 is 12.1. The number of nitrogens with one attached hydrogen (secondary N) is 1. The van der Waals surface area contributed by atoms with Crippen molar-refractivity contribution in [3.05, 3.63) is 52.5 Å². The van der Waals surface area contributed by atoms with Crippen molar-refractivity contribution >= 4 is 39.4 Å². The van der Waals surface area contributed by atoms with Crippen molar-refractivity contribution in [2.75, 3.05) is 30.8 Å². The van der Waals surface area contributed by atoms with E-state index in [1.54, 1.807) is 11.8 Å². The Morgan fingerprint density at radius 3 is 2.80 bits per heavy atom. The first kappa shape index (κ1) is 16.6. The Morgan fingerprint density at radius 2 is 1.96 bits per heavy atom. The third-order valence-corrected chi connectivity index (χ3v) is 6.07. The second-order valence-electron chi connectivity index (χ2n) is 5.73. The Hall–Kier alpha value is -1.86. The van der Waals surface area contributed by atoms with Gasteiger partial charge in [-0.1, -0.05) is 18.2 Å². The van der Waals surface area contributed by atoms with E-state index in [0.717, 1.165) is 33.0 Å². The molecule has 2 amide bonds. The number of urea groups is 1. The van der Waals surface area contributed by atoms with Gasteiger partial charge in [0.1, 0.15) is 18.6 Å². The summed E-state index contributed by atoms with van der Waals surface area (Å²) in [5.74, 6) is 2.42. The zero-order chi connectivity index (χ0) is 17.2. The molecule has 1 saturated heterocycles. The van der Waals surface area contributed by atoms with E-state index in [1.807, 2.05) is 47.4 Å². The lowest BCUT2D eigenvalue weighted by Crippen LogP contribution is -2.34. The van der Waals surface area contributed by atoms with Crippen molar-refractivity contribution in [1.82, 2.24) is 4.90 Å². The van der Waals surface area contributed by atoms with Crippen molar-refractivity contribution < 1.29 is 14.3 Å². The normalized spacial score (nSPS) is 18.9. The zero-order valence-electron chi connectivity index (χ0n) is 13.4. The summed E-state index contributed by atoms with van der Waals surface area (Å²) in [5, 5.41) is 2.96. The molecular formula is C18H17BrN2O3S. The van der Waals surface area contributed by atoms with Crippen LogP contribution in [0.2, 0.25) is 0 Å². The minimum absolute atomic E-state index is 0.0293. The van der Waals surface area contributed by atoms with Gasteiger partial charge in [0.15, 0.2) is 11.5 Å². The molecule has 2 aliphatic rings. The number of carbonyl (C=O) groups is 1. The van der Waals surface area contributed by atoms with Crippen molar-refractivity contribution in [3.63, 3.8) is 0 Å². The number of hydrogen-bond acceptors (Lipinski definition) is 4. The number of fused-ring (bicyclic) bond motifs is 1. The largest absolute Gasteiger partial charge is 0.486 e. The topological polar surface area (TPSA) is 50.8 Å². The fourth-order valence-electron chi connectivity index (χ4n) is 2.92. The van der Waals surface area contributed by atoms with Crippen LogP contribution in [0.25, 0.3) is 0 Å². The molecule has 0 aliphatic carbocycles. The van der Waals surface area contributed by atoms with Crippen molar-refractivity contribution in [1.29, 1.82) is 0 Å². The lowest BCUT2D eigenvalue weighted by atomic mass is 10.1. The number of thioether (sulfide) groups is 1. The molecule has 1 unspecified atom stereocenters. The molecule has 2 aliphatic heterocycles. The maximum atomic E-state index is 12.8. The van der Waals surface area contributed by atoms with E-state index in [2.05, 4.69) is 21.2 Å². The van der Waals surface area contributed by atoms with E-state index in [9.17, 15) is 4.79 Å². The summed E-state index contributed by atoms with van der Waals surface area (Å²) in [7, 11) is 0. The van der Waals surface area contributed by atoms with Gasteiger partial charge >= 0.3 is 6.03 Å². The Morgan fingerprint density at radius 1 is 1.16 bits per heavy atom. The summed E-state index contributed by atoms with van der Waals surface area (Å²) >= 11 is 5.22. The molecule has 7 heteroatoms. The number of para-hydroxylation sites is 1. The van der Waals surface area contributed by atoms with E-state index in [-0.39, 0.29) is 11.4 Å². The van der Waals surface area contributed by atoms with Gasteiger partial charge in [0, 0.05) is 16.8 Å². The number of anilines is 1. The van der Waals surface area contributed by atoms with Crippen LogP contribution in [0, 0.1) is 0 Å². The first-order valence-electron chi connectivity index (χ1n) is 8.06. The quantitative estimate of drug-likeness (QED) is 0.776. The van der Waals surface area contributed by atoms with E-state index in [4.69, 9.17) is 9.47 Å². The van der Waals surface area contributed by atoms with Crippen molar-refractivity contribution in [3.8, 4) is 11.5 Å². The van der Waals surface area contributed by atoms with Gasteiger partial charge in [0.25, 0.3) is 0 Å². The number of rotatable bonds is 2. The Labute approximate surface area is 158 Å². The standard InChI is InChI=1S/C18H17BrN2O3S/c19-13-3-1-2-4-14(13)20-18(22)21-7-10-25-17(21)12-5-6-15-16(11-12)24-9-8-23-15/h1-6,11,17H,7-10H2,(H,20,22). The van der Waals surface area contributed by atoms with E-state index >= 15 is 0 Å². The molecule has 2 heterocycles. The lowest BCUT2D eigenvalue weighted by Gasteiger charge is -2.26. The molecular weight excluding hydrogens is 404 g/mol. The van der Waals surface area contributed by atoms with Crippen LogP contribution in [0.15, 0.2) is 46.9 Å². The number of benzene rings is 2. The van der Waals surface area contributed by atoms with E-state index in [0.29, 0.717) is 19.8 Å². The van der Waals surface area contributed by atoms with Gasteiger partial charge in [0.05, 0.1) is 5.69 Å². The SMILES string of the molecule is O=C(Nc1ccccc1Br)N1CCSC1c1ccc2c(c1)OCCO2. The van der Waals surface area contributed by atoms with Gasteiger partial charge < -0.3 is 19.7 Å². The molecule has 5 nitrogen and oxygen atoms in total. The fourth-order valence-corrected chi connectivity index (χ4v) is 4.55. The lowest BCUT2D eigenvalue weighted by molar-refractivity contribution is 0.171. The molecule has 25 heavy (non-hydrogen) atoms. The molecule has 2 aromatic carbocycles. The summed E-state index contributed by atoms with van der Waals surface area (Å²) in [6, 6.07) is 13.4. The van der Waals surface area contributed by atoms with Crippen molar-refractivity contribution in [2.45, 2.75) is 5.37 Å². The molecule has 2 aromatic rings. The average Bonchev–Trinajstić information content (AvgIpc) is 3.13. The van der Waals surface area contributed by atoms with Crippen LogP contribution < -0.4 is 14.8 Å². The smallest absolute Gasteiger partial charge is 0.323 e. The molecule has 0 saturated carbocycles. The van der Waals surface area contributed by atoms with Gasteiger partial charge in [-0.3, -0.25) is 0 Å². The predicted octanol–water partition coefficient (Wildman–Crippen LogP) is 4.50. The van der Waals surface area contributed by atoms with Crippen LogP contribution in [-0.4, -0.2) is 36.4 Å². The van der Waals surface area contributed by atoms with Gasteiger partial charge in [-0.15, -0.1) is 11.8 Å². The first-order chi connectivity index (χ1) is 12.2. The molecule has 0 radical (unpaired) electrons. The maximum absolute atomic E-state index is 12.8. The number of hydrogen-bond donors (Lipinski definition) is 1. The molecule has 0 aromatic heterocycles. The van der Waals surface area contributed by atoms with Crippen LogP contribution >= 0.6 is 27.7 Å². The maximum Gasteiger partial charge on any atom is 0.323 e. The van der Waals surface area contributed by atoms with Crippen LogP contribution in [-0.2, 0) is 0 Å². The molecule has 1 atom stereocenters. The summed E-state index contributed by atoms with van der Waals surface area (Å²) in [6.07, 6.45) is 0. The highest BCUT2D eigenvalue weighted by Gasteiger charge is 2.31. The second kappa shape index (κ2) is 7.17. The third-order valence-electron chi connectivity index (χ3n) is 4.12. The third kappa shape index (κ3) is 3.43. The minimum atomic E-state index is -0.100. The highest BCUT2D eigenvalue weighted by Crippen LogP contribution is 2.42. The molecule has 1 fully saturated rings. The molecule has 1 N–H and O–H groups in total. The van der Waals surface area contributed by atoms with Crippen LogP contribution in [0.5, 0.6) is 11.5 Å². The van der Waals surface area contributed by atoms with Crippen LogP contribution in [0.3, 0.4) is 0 Å². The van der Waals surface area contributed by atoms with Gasteiger partial charge in [0.2, 0.25) is 0 Å². The van der Waals surface area contributed by atoms with Gasteiger partial charge in [-0.05, 0) is 45.8 Å². The fraction of sp³-hybridized carbons (Fsp3) is 0.278. The number of amides is 2. The Balaban J connectivity index is 1.54. The second-order valence-corrected chi connectivity index (χ2v) is 7.77. The predicted molar refractivity (Wildman–Crippen MR) is 102 cm³/mol. The van der Waals surface area contributed by atoms with E-state index < -0.39 is 0 Å². The highest BCUT2D eigenvalue weighted by atomic mass is 79.9. The number of carbonyl (C=O) groups excluding carboxylic acids is 1. The Bertz CT molecular complexity index is 802. The minimum Gasteiger partial charge on any atom is -0.486 e. The van der Waals surface area contributed by atoms with Crippen molar-refractivity contribution in [2.24, 2.45) is 0 Å². The number of ether oxygens (including phenoxy) is 2. The average molecular weight is 421 g/mol. The monoisotopic (exact) mass is 420 g/mol. The zero-order valence-corrected chi connectivity index (χ0v) is 15.8. The van der Waals surface area contributed by atoms with Gasteiger partial charge in [-0.25, -0.2) is 4.79 Å². The molecule has 0 bridgehead atoms. The Kier molecular flexibility index (Phi) is 4.76. The van der Waals surface area contributed by atoms with Gasteiger partial charge in [-0.2, -0.15) is 0 Å². The summed E-state index contributed by atoms with van der Waals surface area (Å²) in [6.45, 7) is 1.84. The molecule has 0 spiro atoms. The van der Waals surface area contributed by atoms with Crippen LogP contribution in [0.4, 0.5) is 10.5 Å².